The van der Waals surface area contributed by atoms with Gasteiger partial charge in [-0.1, -0.05) is 33.2 Å². The highest BCUT2D eigenvalue weighted by atomic mass is 79.9. The molecule has 1 amide bonds. The lowest BCUT2D eigenvalue weighted by atomic mass is 9.95. The van der Waals surface area contributed by atoms with E-state index in [0.29, 0.717) is 18.6 Å². The Morgan fingerprint density at radius 3 is 2.94 bits per heavy atom. The lowest BCUT2D eigenvalue weighted by molar-refractivity contribution is -0.121. The molecule has 5 heteroatoms. The van der Waals surface area contributed by atoms with Crippen LogP contribution in [0.15, 0.2) is 33.9 Å². The Morgan fingerprint density at radius 2 is 2.25 bits per heavy atom. The van der Waals surface area contributed by atoms with Gasteiger partial charge in [0.2, 0.25) is 5.91 Å². The van der Waals surface area contributed by atoms with E-state index in [1.165, 1.54) is 0 Å². The molecule has 16 heavy (non-hydrogen) atoms. The first-order chi connectivity index (χ1) is 7.70. The summed E-state index contributed by atoms with van der Waals surface area (Å²) in [6.07, 6.45) is 0.878. The molecule has 1 unspecified atom stereocenters. The number of carbonyl (C=O) groups is 1. The summed E-state index contributed by atoms with van der Waals surface area (Å²) in [7, 11) is 0. The van der Waals surface area contributed by atoms with E-state index in [2.05, 4.69) is 26.4 Å². The standard InChI is InChI=1S/C11H11BrN2O2/c12-8-3-1-2-7(6-8)11-9(14-16)4-5-10(15)13-11/h1-3,6,11,16H,4-5H2,(H,13,15). The molecule has 1 aromatic rings. The van der Waals surface area contributed by atoms with E-state index in [0.717, 1.165) is 10.0 Å². The molecular weight excluding hydrogens is 272 g/mol. The first kappa shape index (κ1) is 11.1. The first-order valence-electron chi connectivity index (χ1n) is 4.96. The van der Waals surface area contributed by atoms with Gasteiger partial charge in [0.25, 0.3) is 0 Å². The van der Waals surface area contributed by atoms with E-state index in [9.17, 15) is 4.79 Å². The SMILES string of the molecule is O=C1CCC(=NO)C(c2cccc(Br)c2)N1. The van der Waals surface area contributed by atoms with Crippen LogP contribution in [0.5, 0.6) is 0 Å². The number of nitrogens with one attached hydrogen (secondary N) is 1. The van der Waals surface area contributed by atoms with E-state index in [1.807, 2.05) is 24.3 Å². The summed E-state index contributed by atoms with van der Waals surface area (Å²) in [6, 6.07) is 7.27. The maximum absolute atomic E-state index is 11.3. The number of oxime groups is 1. The number of hydrogen-bond donors (Lipinski definition) is 2. The minimum absolute atomic E-state index is 0.0163. The molecule has 0 saturated carbocycles. The number of benzene rings is 1. The highest BCUT2D eigenvalue weighted by Crippen LogP contribution is 2.23. The van der Waals surface area contributed by atoms with Crippen LogP contribution in [0.2, 0.25) is 0 Å². The van der Waals surface area contributed by atoms with Gasteiger partial charge in [0.05, 0.1) is 11.8 Å². The van der Waals surface area contributed by atoms with E-state index in [4.69, 9.17) is 5.21 Å². The van der Waals surface area contributed by atoms with E-state index >= 15 is 0 Å². The van der Waals surface area contributed by atoms with Gasteiger partial charge in [-0.05, 0) is 17.7 Å². The molecule has 4 nitrogen and oxygen atoms in total. The van der Waals surface area contributed by atoms with E-state index < -0.39 is 0 Å². The van der Waals surface area contributed by atoms with Gasteiger partial charge >= 0.3 is 0 Å². The van der Waals surface area contributed by atoms with Crippen molar-refractivity contribution in [1.82, 2.24) is 5.32 Å². The summed E-state index contributed by atoms with van der Waals surface area (Å²) in [6.45, 7) is 0. The molecule has 0 bridgehead atoms. The molecule has 84 valence electrons. The van der Waals surface area contributed by atoms with Crippen LogP contribution in [0.3, 0.4) is 0 Å². The maximum atomic E-state index is 11.3. The zero-order valence-corrected chi connectivity index (χ0v) is 10.1. The number of rotatable bonds is 1. The molecule has 0 spiro atoms. The van der Waals surface area contributed by atoms with Gasteiger partial charge < -0.3 is 10.5 Å². The second kappa shape index (κ2) is 4.65. The number of carbonyl (C=O) groups excluding carboxylic acids is 1. The Kier molecular flexibility index (Phi) is 3.24. The second-order valence-electron chi connectivity index (χ2n) is 3.65. The molecule has 2 N–H and O–H groups in total. The fraction of sp³-hybridized carbons (Fsp3) is 0.273. The highest BCUT2D eigenvalue weighted by Gasteiger charge is 2.26. The van der Waals surface area contributed by atoms with Crippen molar-refractivity contribution in [3.63, 3.8) is 0 Å². The van der Waals surface area contributed by atoms with Crippen LogP contribution in [0, 0.1) is 0 Å². The van der Waals surface area contributed by atoms with Crippen molar-refractivity contribution in [2.75, 3.05) is 0 Å². The fourth-order valence-electron chi connectivity index (χ4n) is 1.77. The van der Waals surface area contributed by atoms with Crippen LogP contribution in [0.1, 0.15) is 24.4 Å². The molecule has 1 aliphatic rings. The predicted molar refractivity (Wildman–Crippen MR) is 63.5 cm³/mol. The number of piperidine rings is 1. The third-order valence-electron chi connectivity index (χ3n) is 2.56. The number of amides is 1. The van der Waals surface area contributed by atoms with Crippen molar-refractivity contribution in [2.24, 2.45) is 5.16 Å². The summed E-state index contributed by atoms with van der Waals surface area (Å²) in [5.41, 5.74) is 1.51. The molecule has 0 radical (unpaired) electrons. The van der Waals surface area contributed by atoms with Crippen LogP contribution < -0.4 is 5.32 Å². The zero-order valence-electron chi connectivity index (χ0n) is 8.48. The molecular formula is C11H11BrN2O2. The zero-order chi connectivity index (χ0) is 11.5. The van der Waals surface area contributed by atoms with Crippen LogP contribution >= 0.6 is 15.9 Å². The third-order valence-corrected chi connectivity index (χ3v) is 3.05. The average Bonchev–Trinajstić information content (AvgIpc) is 2.29. The van der Waals surface area contributed by atoms with Crippen LogP contribution in [-0.4, -0.2) is 16.8 Å². The normalized spacial score (nSPS) is 23.2. The molecule has 0 aliphatic carbocycles. The minimum Gasteiger partial charge on any atom is -0.411 e. The molecule has 1 atom stereocenters. The smallest absolute Gasteiger partial charge is 0.221 e. The van der Waals surface area contributed by atoms with Crippen LogP contribution in [0.4, 0.5) is 0 Å². The fourth-order valence-corrected chi connectivity index (χ4v) is 2.19. The van der Waals surface area contributed by atoms with Gasteiger partial charge in [-0.2, -0.15) is 0 Å². The quantitative estimate of drug-likeness (QED) is 0.613. The lowest BCUT2D eigenvalue weighted by Crippen LogP contribution is -2.38. The van der Waals surface area contributed by atoms with Gasteiger partial charge in [0, 0.05) is 17.3 Å². The van der Waals surface area contributed by atoms with Gasteiger partial charge in [-0.25, -0.2) is 0 Å². The maximum Gasteiger partial charge on any atom is 0.221 e. The summed E-state index contributed by atoms with van der Waals surface area (Å²) in [5.74, 6) is -0.0163. The van der Waals surface area contributed by atoms with Gasteiger partial charge in [0.1, 0.15) is 0 Å². The summed E-state index contributed by atoms with van der Waals surface area (Å²) >= 11 is 3.37. The summed E-state index contributed by atoms with van der Waals surface area (Å²) in [5, 5.41) is 15.0. The molecule has 1 heterocycles. The number of nitrogens with zero attached hydrogens (tertiary/aromatic N) is 1. The lowest BCUT2D eigenvalue weighted by Gasteiger charge is -2.24. The largest absolute Gasteiger partial charge is 0.411 e. The molecule has 1 saturated heterocycles. The topological polar surface area (TPSA) is 61.7 Å². The molecule has 1 aromatic carbocycles. The van der Waals surface area contributed by atoms with Crippen molar-refractivity contribution in [1.29, 1.82) is 0 Å². The second-order valence-corrected chi connectivity index (χ2v) is 4.56. The van der Waals surface area contributed by atoms with E-state index in [1.54, 1.807) is 0 Å². The number of halogens is 1. The minimum atomic E-state index is -0.316. The Morgan fingerprint density at radius 1 is 1.44 bits per heavy atom. The summed E-state index contributed by atoms with van der Waals surface area (Å²) in [4.78, 5) is 11.3. The van der Waals surface area contributed by atoms with Crippen molar-refractivity contribution in [3.8, 4) is 0 Å². The van der Waals surface area contributed by atoms with Crippen molar-refractivity contribution in [2.45, 2.75) is 18.9 Å². The molecule has 1 fully saturated rings. The van der Waals surface area contributed by atoms with Crippen molar-refractivity contribution >= 4 is 27.5 Å². The first-order valence-corrected chi connectivity index (χ1v) is 5.75. The van der Waals surface area contributed by atoms with E-state index in [-0.39, 0.29) is 11.9 Å². The Hall–Kier alpha value is -1.36. The predicted octanol–water partition coefficient (Wildman–Crippen LogP) is 2.23. The average molecular weight is 283 g/mol. The Labute approximate surface area is 101 Å². The van der Waals surface area contributed by atoms with Gasteiger partial charge in [0.15, 0.2) is 0 Å². The van der Waals surface area contributed by atoms with Gasteiger partial charge in [-0.3, -0.25) is 4.79 Å². The Bertz CT molecular complexity index is 445. The molecule has 1 aliphatic heterocycles. The van der Waals surface area contributed by atoms with Crippen LogP contribution in [-0.2, 0) is 4.79 Å². The molecule has 0 aromatic heterocycles. The van der Waals surface area contributed by atoms with Gasteiger partial charge in [-0.15, -0.1) is 0 Å². The summed E-state index contributed by atoms with van der Waals surface area (Å²) < 4.78 is 0.933. The third kappa shape index (κ3) is 2.24. The van der Waals surface area contributed by atoms with Crippen molar-refractivity contribution in [3.05, 3.63) is 34.3 Å². The Balaban J connectivity index is 2.33. The number of hydrogen-bond acceptors (Lipinski definition) is 3. The molecule has 2 rings (SSSR count). The van der Waals surface area contributed by atoms with Crippen molar-refractivity contribution < 1.29 is 10.0 Å². The van der Waals surface area contributed by atoms with Crippen LogP contribution in [0.25, 0.3) is 0 Å². The highest BCUT2D eigenvalue weighted by molar-refractivity contribution is 9.10. The monoisotopic (exact) mass is 282 g/mol.